The summed E-state index contributed by atoms with van der Waals surface area (Å²) in [6, 6.07) is 0. The topological polar surface area (TPSA) is 18.5 Å². The Balaban J connectivity index is 3.33. The molecule has 0 aliphatic carbocycles. The predicted octanol–water partition coefficient (Wildman–Crippen LogP) is 1.17. The minimum Gasteiger partial charge on any atom is -0.366 e. The molecule has 9 heavy (non-hydrogen) atoms. The molecule has 0 saturated heterocycles. The fraction of sp³-hybridized carbons (Fsp3) is 1.00. The molecule has 0 aromatic carbocycles. The average molecular weight is 166 g/mol. The van der Waals surface area contributed by atoms with Crippen LogP contribution in [0.4, 0.5) is 0 Å². The molecule has 0 atom stereocenters. The summed E-state index contributed by atoms with van der Waals surface area (Å²) in [7, 11) is 1.40. The summed E-state index contributed by atoms with van der Waals surface area (Å²) in [6.45, 7) is 6.07. The molecule has 0 saturated carbocycles. The molecule has 0 fully saturated rings. The summed E-state index contributed by atoms with van der Waals surface area (Å²) in [5, 5.41) is 0. The Morgan fingerprint density at radius 2 is 2.00 bits per heavy atom. The van der Waals surface area contributed by atoms with Crippen LogP contribution in [0.5, 0.6) is 0 Å². The van der Waals surface area contributed by atoms with Crippen molar-refractivity contribution >= 4 is 21.8 Å². The van der Waals surface area contributed by atoms with Crippen LogP contribution in [0.2, 0.25) is 6.55 Å². The van der Waals surface area contributed by atoms with Crippen molar-refractivity contribution in [2.45, 2.75) is 25.3 Å². The summed E-state index contributed by atoms with van der Waals surface area (Å²) in [5.41, 5.74) is 0. The smallest absolute Gasteiger partial charge is 0.178 e. The highest BCUT2D eigenvalue weighted by molar-refractivity contribution is 7.96. The van der Waals surface area contributed by atoms with Gasteiger partial charge in [-0.05, 0) is 13.8 Å². The fourth-order valence-electron chi connectivity index (χ4n) is 0.235. The molecule has 0 rings (SSSR count). The van der Waals surface area contributed by atoms with E-state index in [2.05, 4.69) is 6.55 Å². The van der Waals surface area contributed by atoms with Crippen molar-refractivity contribution in [1.82, 2.24) is 0 Å². The highest BCUT2D eigenvalue weighted by Crippen LogP contribution is 2.24. The third-order valence-corrected chi connectivity index (χ3v) is 2.85. The number of rotatable bonds is 4. The number of hydrogen-bond donors (Lipinski definition) is 0. The first-order valence-electron chi connectivity index (χ1n) is 2.98. The largest absolute Gasteiger partial charge is 0.366 e. The van der Waals surface area contributed by atoms with E-state index >= 15 is 0 Å². The Morgan fingerprint density at radius 3 is 2.33 bits per heavy atom. The first kappa shape index (κ1) is 9.49. The van der Waals surface area contributed by atoms with Crippen molar-refractivity contribution in [2.75, 3.05) is 7.11 Å². The van der Waals surface area contributed by atoms with Crippen LogP contribution in [0.1, 0.15) is 13.8 Å². The highest BCUT2D eigenvalue weighted by atomic mass is 32.2. The molecule has 0 unspecified atom stereocenters. The third-order valence-electron chi connectivity index (χ3n) is 0.869. The fourth-order valence-corrected chi connectivity index (χ4v) is 1.91. The SMILES string of the molecule is COC(C)(C)SO[SiH2]C. The lowest BCUT2D eigenvalue weighted by Gasteiger charge is -2.20. The molecule has 0 aliphatic heterocycles. The first-order chi connectivity index (χ1) is 4.12. The van der Waals surface area contributed by atoms with Crippen LogP contribution in [-0.2, 0) is 8.61 Å². The van der Waals surface area contributed by atoms with E-state index in [1.54, 1.807) is 7.11 Å². The van der Waals surface area contributed by atoms with Gasteiger partial charge in [-0.2, -0.15) is 0 Å². The van der Waals surface area contributed by atoms with Crippen LogP contribution in [-0.4, -0.2) is 21.8 Å². The van der Waals surface area contributed by atoms with Crippen LogP contribution in [0.15, 0.2) is 0 Å². The summed E-state index contributed by atoms with van der Waals surface area (Å²) >= 11 is 1.42. The molecule has 0 bridgehead atoms. The van der Waals surface area contributed by atoms with Crippen LogP contribution in [0.3, 0.4) is 0 Å². The summed E-state index contributed by atoms with van der Waals surface area (Å²) in [5.74, 6) is 0. The van der Waals surface area contributed by atoms with Gasteiger partial charge in [0.25, 0.3) is 0 Å². The molecule has 0 amide bonds. The lowest BCUT2D eigenvalue weighted by molar-refractivity contribution is 0.0994. The Bertz CT molecular complexity index is 77.4. The van der Waals surface area contributed by atoms with Crippen molar-refractivity contribution in [3.8, 4) is 0 Å². The maximum atomic E-state index is 5.22. The van der Waals surface area contributed by atoms with Gasteiger partial charge < -0.3 is 8.61 Å². The first-order valence-corrected chi connectivity index (χ1v) is 5.71. The van der Waals surface area contributed by atoms with Crippen molar-refractivity contribution in [1.29, 1.82) is 0 Å². The van der Waals surface area contributed by atoms with Crippen LogP contribution < -0.4 is 0 Å². The van der Waals surface area contributed by atoms with E-state index in [1.807, 2.05) is 13.8 Å². The zero-order valence-corrected chi connectivity index (χ0v) is 8.66. The standard InChI is InChI=1S/C5H14O2SSi/c1-5(2,6-3)8-7-9-4/h9H2,1-4H3. The molecule has 0 aliphatic rings. The summed E-state index contributed by atoms with van der Waals surface area (Å²) in [4.78, 5) is -0.178. The second kappa shape index (κ2) is 4.33. The maximum absolute atomic E-state index is 5.22. The van der Waals surface area contributed by atoms with E-state index in [0.29, 0.717) is 0 Å². The molecule has 0 radical (unpaired) electrons. The third kappa shape index (κ3) is 4.96. The van der Waals surface area contributed by atoms with Crippen molar-refractivity contribution in [3.05, 3.63) is 0 Å². The second-order valence-electron chi connectivity index (χ2n) is 2.09. The summed E-state index contributed by atoms with van der Waals surface area (Å²) < 4.78 is 10.3. The minimum absolute atomic E-state index is 0.178. The quantitative estimate of drug-likeness (QED) is 0.355. The minimum atomic E-state index is -0.292. The van der Waals surface area contributed by atoms with Gasteiger partial charge in [0, 0.05) is 19.2 Å². The molecular formula is C5H14O2SSi. The molecule has 0 N–H and O–H groups in total. The van der Waals surface area contributed by atoms with Gasteiger partial charge in [0.05, 0.1) is 0 Å². The van der Waals surface area contributed by atoms with Crippen LogP contribution in [0.25, 0.3) is 0 Å². The van der Waals surface area contributed by atoms with Gasteiger partial charge in [0.1, 0.15) is 4.93 Å². The van der Waals surface area contributed by atoms with E-state index in [4.69, 9.17) is 8.61 Å². The average Bonchev–Trinajstić information content (AvgIpc) is 1.84. The Morgan fingerprint density at radius 1 is 1.44 bits per heavy atom. The van der Waals surface area contributed by atoms with E-state index in [9.17, 15) is 0 Å². The van der Waals surface area contributed by atoms with Gasteiger partial charge in [0.15, 0.2) is 9.76 Å². The Labute approximate surface area is 63.5 Å². The number of hydrogen-bond acceptors (Lipinski definition) is 3. The van der Waals surface area contributed by atoms with E-state index in [-0.39, 0.29) is 14.7 Å². The van der Waals surface area contributed by atoms with Crippen molar-refractivity contribution in [2.24, 2.45) is 0 Å². The van der Waals surface area contributed by atoms with Gasteiger partial charge in [-0.25, -0.2) is 0 Å². The monoisotopic (exact) mass is 166 g/mol. The maximum Gasteiger partial charge on any atom is 0.178 e. The van der Waals surface area contributed by atoms with E-state index in [0.717, 1.165) is 0 Å². The molecule has 56 valence electrons. The Hall–Kier alpha value is 0.487. The van der Waals surface area contributed by atoms with E-state index < -0.39 is 0 Å². The molecule has 4 heteroatoms. The van der Waals surface area contributed by atoms with Gasteiger partial charge in [0.2, 0.25) is 0 Å². The number of ether oxygens (including phenoxy) is 1. The molecule has 0 spiro atoms. The van der Waals surface area contributed by atoms with Crippen molar-refractivity contribution in [3.63, 3.8) is 0 Å². The highest BCUT2D eigenvalue weighted by Gasteiger charge is 2.16. The van der Waals surface area contributed by atoms with Crippen LogP contribution >= 0.6 is 12.0 Å². The normalized spacial score (nSPS) is 13.3. The predicted molar refractivity (Wildman–Crippen MR) is 44.2 cm³/mol. The zero-order valence-electron chi connectivity index (χ0n) is 6.43. The molecule has 0 aromatic heterocycles. The molecular weight excluding hydrogens is 152 g/mol. The van der Waals surface area contributed by atoms with Gasteiger partial charge in [-0.1, -0.05) is 6.55 Å². The zero-order chi connectivity index (χ0) is 7.33. The second-order valence-corrected chi connectivity index (χ2v) is 4.76. The molecule has 0 heterocycles. The lowest BCUT2D eigenvalue weighted by Crippen LogP contribution is -2.17. The van der Waals surface area contributed by atoms with Crippen LogP contribution in [0, 0.1) is 0 Å². The summed E-state index contributed by atoms with van der Waals surface area (Å²) in [6.07, 6.45) is 0. The van der Waals surface area contributed by atoms with Crippen molar-refractivity contribution < 1.29 is 8.61 Å². The van der Waals surface area contributed by atoms with Gasteiger partial charge >= 0.3 is 0 Å². The number of methoxy groups -OCH3 is 1. The molecule has 0 aromatic rings. The van der Waals surface area contributed by atoms with Gasteiger partial charge in [-0.15, -0.1) is 0 Å². The Kier molecular flexibility index (Phi) is 4.56. The van der Waals surface area contributed by atoms with Gasteiger partial charge in [-0.3, -0.25) is 0 Å². The lowest BCUT2D eigenvalue weighted by atomic mass is 10.5. The van der Waals surface area contributed by atoms with E-state index in [1.165, 1.54) is 12.0 Å². The molecule has 2 nitrogen and oxygen atoms in total.